The van der Waals surface area contributed by atoms with Gasteiger partial charge in [-0.05, 0) is 37.5 Å². The largest absolute Gasteiger partial charge is 0.465 e. The Bertz CT molecular complexity index is 510. The predicted octanol–water partition coefficient (Wildman–Crippen LogP) is 3.05. The zero-order valence-corrected chi connectivity index (χ0v) is 12.2. The molecular weight excluding hydrogens is 242 g/mol. The first-order valence-corrected chi connectivity index (χ1v) is 6.35. The molecule has 1 rings (SSSR count). The maximum Gasteiger partial charge on any atom is 0.339 e. The summed E-state index contributed by atoms with van der Waals surface area (Å²) in [5, 5.41) is 0. The second-order valence-corrected chi connectivity index (χ2v) is 5.05. The highest BCUT2D eigenvalue weighted by Gasteiger charge is 2.17. The molecule has 4 heteroatoms. The quantitative estimate of drug-likeness (QED) is 0.656. The van der Waals surface area contributed by atoms with Crippen LogP contribution in [0.5, 0.6) is 0 Å². The maximum absolute atomic E-state index is 11.6. The Kier molecular flexibility index (Phi) is 5.10. The molecular formula is C15H21NO3. The van der Waals surface area contributed by atoms with Crippen molar-refractivity contribution in [3.63, 3.8) is 0 Å². The van der Waals surface area contributed by atoms with Crippen LogP contribution in [0.2, 0.25) is 0 Å². The van der Waals surface area contributed by atoms with E-state index in [0.717, 1.165) is 17.0 Å². The highest BCUT2D eigenvalue weighted by atomic mass is 16.5. The molecule has 1 N–H and O–H groups in total. The van der Waals surface area contributed by atoms with E-state index in [9.17, 15) is 9.59 Å². The number of rotatable bonds is 5. The molecule has 0 saturated heterocycles. The minimum absolute atomic E-state index is 0.0845. The molecule has 0 aliphatic heterocycles. The Balaban J connectivity index is 2.95. The number of carbonyl (C=O) groups excluding carboxylic acids is 2. The van der Waals surface area contributed by atoms with Gasteiger partial charge in [0.25, 0.3) is 0 Å². The lowest BCUT2D eigenvalue weighted by molar-refractivity contribution is -0.115. The molecule has 1 heterocycles. The van der Waals surface area contributed by atoms with E-state index in [2.05, 4.69) is 4.98 Å². The molecule has 0 amide bonds. The van der Waals surface area contributed by atoms with Crippen LogP contribution < -0.4 is 0 Å². The van der Waals surface area contributed by atoms with Gasteiger partial charge in [-0.3, -0.25) is 4.79 Å². The molecule has 1 aromatic heterocycles. The van der Waals surface area contributed by atoms with Crippen LogP contribution in [0.25, 0.3) is 6.08 Å². The van der Waals surface area contributed by atoms with E-state index in [0.29, 0.717) is 17.9 Å². The van der Waals surface area contributed by atoms with Gasteiger partial charge in [-0.25, -0.2) is 4.79 Å². The summed E-state index contributed by atoms with van der Waals surface area (Å²) in [4.78, 5) is 26.3. The Morgan fingerprint density at radius 1 is 1.32 bits per heavy atom. The van der Waals surface area contributed by atoms with Crippen LogP contribution in [0.3, 0.4) is 0 Å². The predicted molar refractivity (Wildman–Crippen MR) is 75.1 cm³/mol. The molecule has 19 heavy (non-hydrogen) atoms. The lowest BCUT2D eigenvalue weighted by Crippen LogP contribution is -2.03. The number of methoxy groups -OCH3 is 1. The number of aromatic nitrogens is 1. The second kappa shape index (κ2) is 6.36. The molecule has 0 radical (unpaired) electrons. The topological polar surface area (TPSA) is 59.2 Å². The molecule has 4 nitrogen and oxygen atoms in total. The highest BCUT2D eigenvalue weighted by Crippen LogP contribution is 2.20. The number of hydrogen-bond acceptors (Lipinski definition) is 3. The Morgan fingerprint density at radius 3 is 2.47 bits per heavy atom. The summed E-state index contributed by atoms with van der Waals surface area (Å²) in [5.41, 5.74) is 2.87. The number of allylic oxidation sites excluding steroid dienone is 1. The number of ketones is 1. The van der Waals surface area contributed by atoms with E-state index >= 15 is 0 Å². The molecule has 0 aliphatic rings. The fourth-order valence-electron chi connectivity index (χ4n) is 2.00. The van der Waals surface area contributed by atoms with Gasteiger partial charge in [-0.2, -0.15) is 0 Å². The van der Waals surface area contributed by atoms with E-state index in [1.165, 1.54) is 7.11 Å². The molecule has 0 spiro atoms. The van der Waals surface area contributed by atoms with Gasteiger partial charge in [0.2, 0.25) is 0 Å². The smallest absolute Gasteiger partial charge is 0.339 e. The van der Waals surface area contributed by atoms with E-state index in [4.69, 9.17) is 4.74 Å². The van der Waals surface area contributed by atoms with Crippen molar-refractivity contribution in [3.8, 4) is 0 Å². The third-order valence-corrected chi connectivity index (χ3v) is 2.91. The zero-order chi connectivity index (χ0) is 14.6. The molecule has 0 unspecified atom stereocenters. The van der Waals surface area contributed by atoms with Crippen molar-refractivity contribution >= 4 is 17.8 Å². The van der Waals surface area contributed by atoms with Crippen molar-refractivity contribution in [2.75, 3.05) is 7.11 Å². The number of aryl methyl sites for hydroxylation is 1. The van der Waals surface area contributed by atoms with Gasteiger partial charge in [0.15, 0.2) is 5.78 Å². The van der Waals surface area contributed by atoms with E-state index < -0.39 is 0 Å². The van der Waals surface area contributed by atoms with Crippen LogP contribution in [0.15, 0.2) is 6.08 Å². The third kappa shape index (κ3) is 3.81. The van der Waals surface area contributed by atoms with Gasteiger partial charge < -0.3 is 9.72 Å². The van der Waals surface area contributed by atoms with Crippen LogP contribution >= 0.6 is 0 Å². The lowest BCUT2D eigenvalue weighted by atomic mass is 10.1. The van der Waals surface area contributed by atoms with E-state index in [1.54, 1.807) is 12.2 Å². The van der Waals surface area contributed by atoms with Crippen LogP contribution in [0, 0.1) is 19.8 Å². The normalized spacial score (nSPS) is 11.3. The number of H-pyrrole nitrogens is 1. The summed E-state index contributed by atoms with van der Waals surface area (Å²) in [6.45, 7) is 7.66. The summed E-state index contributed by atoms with van der Waals surface area (Å²) in [7, 11) is 1.36. The second-order valence-electron chi connectivity index (χ2n) is 5.05. The van der Waals surface area contributed by atoms with Crippen molar-refractivity contribution in [3.05, 3.63) is 28.6 Å². The number of esters is 1. The Labute approximate surface area is 113 Å². The average Bonchev–Trinajstić information content (AvgIpc) is 2.60. The molecule has 0 saturated carbocycles. The minimum Gasteiger partial charge on any atom is -0.465 e. The molecule has 0 aromatic carbocycles. The number of aromatic amines is 1. The van der Waals surface area contributed by atoms with Crippen molar-refractivity contribution < 1.29 is 14.3 Å². The molecule has 0 atom stereocenters. The minimum atomic E-state index is -0.362. The molecule has 1 aromatic rings. The van der Waals surface area contributed by atoms with Gasteiger partial charge in [0, 0.05) is 17.8 Å². The fraction of sp³-hybridized carbons (Fsp3) is 0.467. The van der Waals surface area contributed by atoms with Crippen LogP contribution in [0.1, 0.15) is 47.6 Å². The summed E-state index contributed by atoms with van der Waals surface area (Å²) < 4.78 is 4.74. The Hall–Kier alpha value is -1.84. The lowest BCUT2D eigenvalue weighted by Gasteiger charge is -1.99. The molecule has 0 bridgehead atoms. The van der Waals surface area contributed by atoms with Crippen molar-refractivity contribution in [2.24, 2.45) is 5.92 Å². The van der Waals surface area contributed by atoms with Gasteiger partial charge in [0.05, 0.1) is 12.7 Å². The third-order valence-electron chi connectivity index (χ3n) is 2.91. The number of hydrogen-bond donors (Lipinski definition) is 1. The summed E-state index contributed by atoms with van der Waals surface area (Å²) >= 11 is 0. The average molecular weight is 263 g/mol. The molecule has 0 aliphatic carbocycles. The van der Waals surface area contributed by atoms with Crippen molar-refractivity contribution in [1.29, 1.82) is 0 Å². The standard InChI is InChI=1S/C15H21NO3/c1-9(2)8-12(17)6-7-13-10(3)14(11(4)16-13)15(18)19-5/h6-7,9,16H,8H2,1-5H3. The van der Waals surface area contributed by atoms with E-state index in [1.807, 2.05) is 27.7 Å². The first kappa shape index (κ1) is 15.2. The first-order valence-electron chi connectivity index (χ1n) is 6.35. The highest BCUT2D eigenvalue weighted by molar-refractivity contribution is 5.96. The van der Waals surface area contributed by atoms with Crippen LogP contribution in [-0.4, -0.2) is 23.8 Å². The van der Waals surface area contributed by atoms with Gasteiger partial charge >= 0.3 is 5.97 Å². The zero-order valence-electron chi connectivity index (χ0n) is 12.2. The van der Waals surface area contributed by atoms with Gasteiger partial charge in [0.1, 0.15) is 0 Å². The summed E-state index contributed by atoms with van der Waals surface area (Å²) in [6.07, 6.45) is 3.80. The van der Waals surface area contributed by atoms with Gasteiger partial charge in [-0.15, -0.1) is 0 Å². The number of carbonyl (C=O) groups is 2. The Morgan fingerprint density at radius 2 is 1.95 bits per heavy atom. The van der Waals surface area contributed by atoms with Crippen molar-refractivity contribution in [1.82, 2.24) is 4.98 Å². The molecule has 0 fully saturated rings. The van der Waals surface area contributed by atoms with Crippen molar-refractivity contribution in [2.45, 2.75) is 34.1 Å². The summed E-state index contributed by atoms with van der Waals surface area (Å²) in [5.74, 6) is 0.0648. The van der Waals surface area contributed by atoms with Crippen LogP contribution in [0.4, 0.5) is 0 Å². The number of ether oxygens (including phenoxy) is 1. The monoisotopic (exact) mass is 263 g/mol. The SMILES string of the molecule is COC(=O)c1c(C)[nH]c(C=CC(=O)CC(C)C)c1C. The van der Waals surface area contributed by atoms with Gasteiger partial charge in [-0.1, -0.05) is 13.8 Å². The fourth-order valence-corrected chi connectivity index (χ4v) is 2.00. The summed E-state index contributed by atoms with van der Waals surface area (Å²) in [6, 6.07) is 0. The number of nitrogens with one attached hydrogen (secondary N) is 1. The maximum atomic E-state index is 11.6. The van der Waals surface area contributed by atoms with E-state index in [-0.39, 0.29) is 11.8 Å². The molecule has 104 valence electrons. The van der Waals surface area contributed by atoms with Crippen LogP contribution in [-0.2, 0) is 9.53 Å². The first-order chi connectivity index (χ1) is 8.86.